The average Bonchev–Trinajstić information content (AvgIpc) is 2.44. The zero-order chi connectivity index (χ0) is 15.8. The third-order valence-electron chi connectivity index (χ3n) is 3.98. The molecule has 0 unspecified atom stereocenters. The molecular formula is C14H27N3O4. The lowest BCUT2D eigenvalue weighted by atomic mass is 10.0. The van der Waals surface area contributed by atoms with E-state index in [0.29, 0.717) is 12.6 Å². The molecule has 0 bridgehead atoms. The highest BCUT2D eigenvalue weighted by molar-refractivity contribution is 5.77. The number of carboxylic acids is 1. The monoisotopic (exact) mass is 301 g/mol. The SMILES string of the molecule is CN1CCC(N(C)CCN(C)C(=O)COCC(=O)O)CC1. The Morgan fingerprint density at radius 3 is 2.38 bits per heavy atom. The van der Waals surface area contributed by atoms with Gasteiger partial charge in [0.1, 0.15) is 13.2 Å². The maximum Gasteiger partial charge on any atom is 0.329 e. The number of amides is 1. The molecule has 0 atom stereocenters. The Morgan fingerprint density at radius 1 is 1.19 bits per heavy atom. The highest BCUT2D eigenvalue weighted by Gasteiger charge is 2.21. The molecule has 1 amide bonds. The Labute approximate surface area is 126 Å². The summed E-state index contributed by atoms with van der Waals surface area (Å²) in [5.74, 6) is -1.25. The minimum atomic E-state index is -1.06. The molecule has 1 aliphatic rings. The minimum Gasteiger partial charge on any atom is -0.480 e. The number of piperidine rings is 1. The van der Waals surface area contributed by atoms with Crippen molar-refractivity contribution >= 4 is 11.9 Å². The van der Waals surface area contributed by atoms with Crippen molar-refractivity contribution in [2.75, 3.05) is 60.5 Å². The lowest BCUT2D eigenvalue weighted by Crippen LogP contribution is -2.45. The van der Waals surface area contributed by atoms with Crippen LogP contribution in [0.3, 0.4) is 0 Å². The number of nitrogens with zero attached hydrogens (tertiary/aromatic N) is 3. The number of likely N-dealkylation sites (N-methyl/N-ethyl adjacent to an activating group) is 2. The summed E-state index contributed by atoms with van der Waals surface area (Å²) in [6.45, 7) is 3.06. The number of rotatable bonds is 8. The van der Waals surface area contributed by atoms with Crippen LogP contribution < -0.4 is 0 Å². The van der Waals surface area contributed by atoms with Crippen LogP contribution in [0.1, 0.15) is 12.8 Å². The molecule has 21 heavy (non-hydrogen) atoms. The molecule has 1 heterocycles. The fourth-order valence-corrected chi connectivity index (χ4v) is 2.39. The predicted octanol–water partition coefficient (Wildman–Crippen LogP) is -0.428. The molecule has 0 aliphatic carbocycles. The maximum atomic E-state index is 11.7. The van der Waals surface area contributed by atoms with Gasteiger partial charge in [0.2, 0.25) is 5.91 Å². The van der Waals surface area contributed by atoms with Crippen molar-refractivity contribution in [1.29, 1.82) is 0 Å². The van der Waals surface area contributed by atoms with Crippen molar-refractivity contribution < 1.29 is 19.4 Å². The van der Waals surface area contributed by atoms with Crippen LogP contribution >= 0.6 is 0 Å². The second-order valence-electron chi connectivity index (χ2n) is 5.72. The van der Waals surface area contributed by atoms with Crippen molar-refractivity contribution in [2.45, 2.75) is 18.9 Å². The van der Waals surface area contributed by atoms with E-state index in [1.165, 1.54) is 0 Å². The summed E-state index contributed by atoms with van der Waals surface area (Å²) in [5, 5.41) is 8.44. The number of carbonyl (C=O) groups is 2. The summed E-state index contributed by atoms with van der Waals surface area (Å²) < 4.78 is 4.80. The second-order valence-corrected chi connectivity index (χ2v) is 5.72. The van der Waals surface area contributed by atoms with Crippen LogP contribution in [0, 0.1) is 0 Å². The van der Waals surface area contributed by atoms with Gasteiger partial charge < -0.3 is 24.5 Å². The predicted molar refractivity (Wildman–Crippen MR) is 79.2 cm³/mol. The Hall–Kier alpha value is -1.18. The first-order valence-electron chi connectivity index (χ1n) is 7.32. The van der Waals surface area contributed by atoms with E-state index in [1.54, 1.807) is 11.9 Å². The molecule has 122 valence electrons. The van der Waals surface area contributed by atoms with Gasteiger partial charge in [0.05, 0.1) is 0 Å². The molecule has 0 aromatic carbocycles. The van der Waals surface area contributed by atoms with Gasteiger partial charge in [-0.25, -0.2) is 4.79 Å². The molecule has 1 N–H and O–H groups in total. The van der Waals surface area contributed by atoms with Crippen LogP contribution in [-0.2, 0) is 14.3 Å². The summed E-state index contributed by atoms with van der Waals surface area (Å²) in [5.41, 5.74) is 0. The number of carboxylic acid groups (broad SMARTS) is 1. The molecule has 1 saturated heterocycles. The number of aliphatic carboxylic acids is 1. The number of carbonyl (C=O) groups excluding carboxylic acids is 1. The van der Waals surface area contributed by atoms with E-state index in [4.69, 9.17) is 9.84 Å². The molecule has 0 aromatic heterocycles. The van der Waals surface area contributed by atoms with Crippen LogP contribution in [-0.4, -0.2) is 98.3 Å². The molecule has 0 spiro atoms. The standard InChI is InChI=1S/C14H27N3O4/c1-15-6-4-12(5-7-15)16(2)8-9-17(3)13(18)10-21-11-14(19)20/h12H,4-11H2,1-3H3,(H,19,20). The summed E-state index contributed by atoms with van der Waals surface area (Å²) in [6, 6.07) is 0.577. The van der Waals surface area contributed by atoms with E-state index in [2.05, 4.69) is 23.9 Å². The van der Waals surface area contributed by atoms with Crippen molar-refractivity contribution in [3.8, 4) is 0 Å². The van der Waals surface area contributed by atoms with E-state index in [9.17, 15) is 9.59 Å². The molecule has 0 saturated carbocycles. The normalized spacial score (nSPS) is 17.1. The first-order chi connectivity index (χ1) is 9.90. The first-order valence-corrected chi connectivity index (χ1v) is 7.32. The molecule has 0 radical (unpaired) electrons. The Balaban J connectivity index is 2.20. The summed E-state index contributed by atoms with van der Waals surface area (Å²) in [4.78, 5) is 28.3. The number of likely N-dealkylation sites (tertiary alicyclic amines) is 1. The zero-order valence-corrected chi connectivity index (χ0v) is 13.2. The first kappa shape index (κ1) is 17.9. The lowest BCUT2D eigenvalue weighted by molar-refractivity contribution is -0.145. The topological polar surface area (TPSA) is 73.3 Å². The average molecular weight is 301 g/mol. The molecule has 1 rings (SSSR count). The second kappa shape index (κ2) is 8.96. The van der Waals surface area contributed by atoms with Crippen LogP contribution in [0.25, 0.3) is 0 Å². The van der Waals surface area contributed by atoms with Gasteiger partial charge in [-0.3, -0.25) is 4.79 Å². The van der Waals surface area contributed by atoms with E-state index in [1.807, 2.05) is 0 Å². The van der Waals surface area contributed by atoms with Crippen LogP contribution in [0.4, 0.5) is 0 Å². The minimum absolute atomic E-state index is 0.180. The smallest absolute Gasteiger partial charge is 0.329 e. The molecular weight excluding hydrogens is 274 g/mol. The molecule has 7 nitrogen and oxygen atoms in total. The van der Waals surface area contributed by atoms with E-state index in [-0.39, 0.29) is 12.5 Å². The van der Waals surface area contributed by atoms with Gasteiger partial charge in [-0.2, -0.15) is 0 Å². The number of hydrogen-bond acceptors (Lipinski definition) is 5. The lowest BCUT2D eigenvalue weighted by Gasteiger charge is -2.35. The van der Waals surface area contributed by atoms with Gasteiger partial charge in [0.15, 0.2) is 0 Å². The third kappa shape index (κ3) is 6.88. The van der Waals surface area contributed by atoms with E-state index in [0.717, 1.165) is 32.5 Å². The molecule has 7 heteroatoms. The highest BCUT2D eigenvalue weighted by Crippen LogP contribution is 2.13. The number of ether oxygens (including phenoxy) is 1. The van der Waals surface area contributed by atoms with Gasteiger partial charge in [-0.1, -0.05) is 0 Å². The fourth-order valence-electron chi connectivity index (χ4n) is 2.39. The van der Waals surface area contributed by atoms with Crippen molar-refractivity contribution in [1.82, 2.24) is 14.7 Å². The van der Waals surface area contributed by atoms with Crippen molar-refractivity contribution in [3.63, 3.8) is 0 Å². The Morgan fingerprint density at radius 2 is 1.81 bits per heavy atom. The van der Waals surface area contributed by atoms with Gasteiger partial charge in [0, 0.05) is 26.2 Å². The fraction of sp³-hybridized carbons (Fsp3) is 0.857. The number of hydrogen-bond donors (Lipinski definition) is 1. The summed E-state index contributed by atoms with van der Waals surface area (Å²) in [7, 11) is 5.95. The Kier molecular flexibility index (Phi) is 7.63. The summed E-state index contributed by atoms with van der Waals surface area (Å²) in [6.07, 6.45) is 2.32. The summed E-state index contributed by atoms with van der Waals surface area (Å²) >= 11 is 0. The largest absolute Gasteiger partial charge is 0.480 e. The Bertz CT molecular complexity index is 343. The highest BCUT2D eigenvalue weighted by atomic mass is 16.5. The van der Waals surface area contributed by atoms with Gasteiger partial charge in [0.25, 0.3) is 0 Å². The van der Waals surface area contributed by atoms with E-state index >= 15 is 0 Å². The molecule has 1 aliphatic heterocycles. The third-order valence-corrected chi connectivity index (χ3v) is 3.98. The van der Waals surface area contributed by atoms with E-state index < -0.39 is 12.6 Å². The quantitative estimate of drug-likeness (QED) is 0.656. The van der Waals surface area contributed by atoms with Crippen molar-refractivity contribution in [3.05, 3.63) is 0 Å². The van der Waals surface area contributed by atoms with Crippen LogP contribution in [0.15, 0.2) is 0 Å². The van der Waals surface area contributed by atoms with Crippen LogP contribution in [0.5, 0.6) is 0 Å². The van der Waals surface area contributed by atoms with Gasteiger partial charge in [-0.05, 0) is 40.0 Å². The molecule has 1 fully saturated rings. The maximum absolute atomic E-state index is 11.7. The van der Waals surface area contributed by atoms with Crippen LogP contribution in [0.2, 0.25) is 0 Å². The molecule has 0 aromatic rings. The van der Waals surface area contributed by atoms with Gasteiger partial charge in [-0.15, -0.1) is 0 Å². The van der Waals surface area contributed by atoms with Crippen molar-refractivity contribution in [2.24, 2.45) is 0 Å². The zero-order valence-electron chi connectivity index (χ0n) is 13.2. The van der Waals surface area contributed by atoms with Gasteiger partial charge >= 0.3 is 5.97 Å².